The molecule has 7 heteroatoms. The van der Waals surface area contributed by atoms with E-state index in [1.54, 1.807) is 30.3 Å². The number of primary amides is 1. The number of ether oxygens (including phenoxy) is 1. The van der Waals surface area contributed by atoms with Gasteiger partial charge in [-0.2, -0.15) is 0 Å². The first kappa shape index (κ1) is 21.8. The molecule has 2 atom stereocenters. The molecule has 30 heavy (non-hydrogen) atoms. The number of piperazine rings is 1. The molecular formula is C23H28FN3O3. The standard InChI is InChI=1S/C23H28FN3O3/c1-15-10-19(23(25)29)6-9-21(15)30-14-22(28)27-12-16(2)26(11-17(27)3)13-18-4-7-20(24)8-5-18/h4-10,16-17H,11-14H2,1-3H3,(H2,25,29). The fourth-order valence-electron chi connectivity index (χ4n) is 3.78. The first-order chi connectivity index (χ1) is 14.2. The summed E-state index contributed by atoms with van der Waals surface area (Å²) in [6, 6.07) is 11.7. The van der Waals surface area contributed by atoms with E-state index < -0.39 is 5.91 Å². The lowest BCUT2D eigenvalue weighted by atomic mass is 10.1. The van der Waals surface area contributed by atoms with E-state index in [0.29, 0.717) is 17.9 Å². The normalized spacial score (nSPS) is 19.5. The molecule has 6 nitrogen and oxygen atoms in total. The van der Waals surface area contributed by atoms with E-state index in [1.165, 1.54) is 12.1 Å². The molecule has 160 valence electrons. The van der Waals surface area contributed by atoms with Gasteiger partial charge in [-0.25, -0.2) is 4.39 Å². The van der Waals surface area contributed by atoms with Crippen LogP contribution >= 0.6 is 0 Å². The highest BCUT2D eigenvalue weighted by Gasteiger charge is 2.32. The highest BCUT2D eigenvalue weighted by Crippen LogP contribution is 2.21. The SMILES string of the molecule is Cc1cc(C(N)=O)ccc1OCC(=O)N1CC(C)N(Cc2ccc(F)cc2)CC1C. The molecule has 2 N–H and O–H groups in total. The molecule has 0 spiro atoms. The number of carbonyl (C=O) groups is 2. The number of amides is 2. The van der Waals surface area contributed by atoms with Crippen LogP contribution in [-0.2, 0) is 11.3 Å². The third-order valence-electron chi connectivity index (χ3n) is 5.54. The average Bonchev–Trinajstić information content (AvgIpc) is 2.70. The maximum absolute atomic E-state index is 13.1. The van der Waals surface area contributed by atoms with Crippen molar-refractivity contribution in [3.63, 3.8) is 0 Å². The number of nitrogens with zero attached hydrogens (tertiary/aromatic N) is 2. The van der Waals surface area contributed by atoms with Crippen molar-refractivity contribution < 1.29 is 18.7 Å². The predicted molar refractivity (Wildman–Crippen MR) is 113 cm³/mol. The Labute approximate surface area is 176 Å². The molecule has 1 saturated heterocycles. The summed E-state index contributed by atoms with van der Waals surface area (Å²) in [4.78, 5) is 28.2. The van der Waals surface area contributed by atoms with Gasteiger partial charge in [-0.1, -0.05) is 12.1 Å². The van der Waals surface area contributed by atoms with Crippen LogP contribution in [0.15, 0.2) is 42.5 Å². The second-order valence-electron chi connectivity index (χ2n) is 7.93. The predicted octanol–water partition coefficient (Wildman–Crippen LogP) is 2.73. The van der Waals surface area contributed by atoms with Crippen molar-refractivity contribution in [2.75, 3.05) is 19.7 Å². The molecule has 0 saturated carbocycles. The number of benzene rings is 2. The largest absolute Gasteiger partial charge is 0.483 e. The Balaban J connectivity index is 1.57. The Kier molecular flexibility index (Phi) is 6.72. The molecule has 1 fully saturated rings. The molecule has 0 radical (unpaired) electrons. The van der Waals surface area contributed by atoms with E-state index in [-0.39, 0.29) is 30.4 Å². The number of hydrogen-bond donors (Lipinski definition) is 1. The summed E-state index contributed by atoms with van der Waals surface area (Å²) in [7, 11) is 0. The van der Waals surface area contributed by atoms with Crippen LogP contribution in [0.2, 0.25) is 0 Å². The Morgan fingerprint density at radius 3 is 2.43 bits per heavy atom. The molecule has 1 heterocycles. The van der Waals surface area contributed by atoms with E-state index in [1.807, 2.05) is 18.7 Å². The van der Waals surface area contributed by atoms with Gasteiger partial charge in [0.15, 0.2) is 6.61 Å². The highest BCUT2D eigenvalue weighted by atomic mass is 19.1. The third-order valence-corrected chi connectivity index (χ3v) is 5.54. The summed E-state index contributed by atoms with van der Waals surface area (Å²) in [5.41, 5.74) is 7.50. The molecule has 2 aromatic carbocycles. The molecule has 0 aliphatic carbocycles. The van der Waals surface area contributed by atoms with Crippen LogP contribution in [0.25, 0.3) is 0 Å². The number of nitrogens with two attached hydrogens (primary N) is 1. The zero-order chi connectivity index (χ0) is 21.8. The zero-order valence-electron chi connectivity index (χ0n) is 17.6. The smallest absolute Gasteiger partial charge is 0.260 e. The maximum atomic E-state index is 13.1. The number of carbonyl (C=O) groups excluding carboxylic acids is 2. The monoisotopic (exact) mass is 413 g/mol. The lowest BCUT2D eigenvalue weighted by Gasteiger charge is -2.44. The van der Waals surface area contributed by atoms with Gasteiger partial charge >= 0.3 is 0 Å². The topological polar surface area (TPSA) is 75.9 Å². The molecule has 0 aromatic heterocycles. The fraction of sp³-hybridized carbons (Fsp3) is 0.391. The van der Waals surface area contributed by atoms with Crippen LogP contribution in [0.5, 0.6) is 5.75 Å². The van der Waals surface area contributed by atoms with Gasteiger partial charge in [-0.15, -0.1) is 0 Å². The van der Waals surface area contributed by atoms with Gasteiger partial charge < -0.3 is 15.4 Å². The van der Waals surface area contributed by atoms with Gasteiger partial charge in [0.25, 0.3) is 5.91 Å². The lowest BCUT2D eigenvalue weighted by Crippen LogP contribution is -2.58. The van der Waals surface area contributed by atoms with Crippen molar-refractivity contribution in [1.82, 2.24) is 9.80 Å². The summed E-state index contributed by atoms with van der Waals surface area (Å²) in [6.45, 7) is 7.91. The average molecular weight is 413 g/mol. The van der Waals surface area contributed by atoms with Crippen LogP contribution in [0.3, 0.4) is 0 Å². The fourth-order valence-corrected chi connectivity index (χ4v) is 3.78. The molecule has 3 rings (SSSR count). The minimum absolute atomic E-state index is 0.0380. The van der Waals surface area contributed by atoms with Crippen LogP contribution in [0.4, 0.5) is 4.39 Å². The van der Waals surface area contributed by atoms with Crippen molar-refractivity contribution in [2.24, 2.45) is 5.73 Å². The van der Waals surface area contributed by atoms with Crippen LogP contribution < -0.4 is 10.5 Å². The van der Waals surface area contributed by atoms with Crippen molar-refractivity contribution >= 4 is 11.8 Å². The first-order valence-electron chi connectivity index (χ1n) is 10.1. The van der Waals surface area contributed by atoms with Crippen molar-refractivity contribution in [2.45, 2.75) is 39.4 Å². The second kappa shape index (κ2) is 9.26. The van der Waals surface area contributed by atoms with Gasteiger partial charge in [-0.05, 0) is 62.2 Å². The van der Waals surface area contributed by atoms with E-state index >= 15 is 0 Å². The highest BCUT2D eigenvalue weighted by molar-refractivity contribution is 5.93. The number of rotatable bonds is 6. The van der Waals surface area contributed by atoms with Crippen LogP contribution in [0, 0.1) is 12.7 Å². The summed E-state index contributed by atoms with van der Waals surface area (Å²) >= 11 is 0. The zero-order valence-corrected chi connectivity index (χ0v) is 17.6. The number of hydrogen-bond acceptors (Lipinski definition) is 4. The Morgan fingerprint density at radius 2 is 1.80 bits per heavy atom. The minimum atomic E-state index is -0.498. The van der Waals surface area contributed by atoms with Gasteiger partial charge in [0.05, 0.1) is 0 Å². The van der Waals surface area contributed by atoms with E-state index in [4.69, 9.17) is 10.5 Å². The Morgan fingerprint density at radius 1 is 1.10 bits per heavy atom. The molecule has 2 amide bonds. The molecule has 0 bridgehead atoms. The Bertz CT molecular complexity index is 916. The van der Waals surface area contributed by atoms with Crippen molar-refractivity contribution in [3.8, 4) is 5.75 Å². The van der Waals surface area contributed by atoms with Gasteiger partial charge in [-0.3, -0.25) is 14.5 Å². The summed E-state index contributed by atoms with van der Waals surface area (Å²) in [5.74, 6) is -0.254. The molecule has 1 aliphatic rings. The van der Waals surface area contributed by atoms with E-state index in [2.05, 4.69) is 11.8 Å². The third kappa shape index (κ3) is 5.16. The van der Waals surface area contributed by atoms with Gasteiger partial charge in [0.2, 0.25) is 5.91 Å². The lowest BCUT2D eigenvalue weighted by molar-refractivity contribution is -0.139. The van der Waals surface area contributed by atoms with E-state index in [0.717, 1.165) is 24.2 Å². The molecule has 1 aliphatic heterocycles. The molecule has 2 unspecified atom stereocenters. The van der Waals surface area contributed by atoms with Gasteiger partial charge in [0, 0.05) is 37.3 Å². The number of aryl methyl sites for hydroxylation is 1. The second-order valence-corrected chi connectivity index (χ2v) is 7.93. The maximum Gasteiger partial charge on any atom is 0.260 e. The van der Waals surface area contributed by atoms with Crippen LogP contribution in [-0.4, -0.2) is 53.4 Å². The first-order valence-corrected chi connectivity index (χ1v) is 10.1. The molecule has 2 aromatic rings. The summed E-state index contributed by atoms with van der Waals surface area (Å²) in [6.07, 6.45) is 0. The van der Waals surface area contributed by atoms with Crippen molar-refractivity contribution in [1.29, 1.82) is 0 Å². The number of halogens is 1. The van der Waals surface area contributed by atoms with Gasteiger partial charge in [0.1, 0.15) is 11.6 Å². The minimum Gasteiger partial charge on any atom is -0.483 e. The van der Waals surface area contributed by atoms with E-state index in [9.17, 15) is 14.0 Å². The molecular weight excluding hydrogens is 385 g/mol. The van der Waals surface area contributed by atoms with Crippen molar-refractivity contribution in [3.05, 3.63) is 65.0 Å². The Hall–Kier alpha value is -2.93. The quantitative estimate of drug-likeness (QED) is 0.790. The summed E-state index contributed by atoms with van der Waals surface area (Å²) in [5, 5.41) is 0. The summed E-state index contributed by atoms with van der Waals surface area (Å²) < 4.78 is 18.8. The van der Waals surface area contributed by atoms with Crippen LogP contribution in [0.1, 0.15) is 35.3 Å².